The average Bonchev–Trinajstić information content (AvgIpc) is 2.38. The van der Waals surface area contributed by atoms with Gasteiger partial charge < -0.3 is 10.5 Å². The molecule has 3 heteroatoms. The molecule has 2 N–H and O–H groups in total. The molecule has 2 atom stereocenters. The van der Waals surface area contributed by atoms with E-state index < -0.39 is 0 Å². The Labute approximate surface area is 114 Å². The van der Waals surface area contributed by atoms with E-state index in [4.69, 9.17) is 22.1 Å². The maximum absolute atomic E-state index is 6.65. The van der Waals surface area contributed by atoms with Gasteiger partial charge in [-0.05, 0) is 37.0 Å². The van der Waals surface area contributed by atoms with Crippen LogP contribution in [0.25, 0.3) is 0 Å². The van der Waals surface area contributed by atoms with Crippen LogP contribution in [0.2, 0.25) is 5.02 Å². The molecule has 0 radical (unpaired) electrons. The van der Waals surface area contributed by atoms with Crippen molar-refractivity contribution in [2.24, 2.45) is 11.7 Å². The van der Waals surface area contributed by atoms with Crippen LogP contribution in [0.3, 0.4) is 0 Å². The van der Waals surface area contributed by atoms with Crippen LogP contribution < -0.4 is 10.5 Å². The Bertz CT molecular complexity index is 421. The average molecular weight is 268 g/mol. The molecule has 1 saturated carbocycles. The van der Waals surface area contributed by atoms with Gasteiger partial charge in [-0.25, -0.2) is 0 Å². The number of hydrogen-bond donors (Lipinski definition) is 1. The van der Waals surface area contributed by atoms with Crippen LogP contribution in [0.15, 0.2) is 18.2 Å². The molecule has 100 valence electrons. The van der Waals surface area contributed by atoms with E-state index in [1.807, 2.05) is 18.2 Å². The summed E-state index contributed by atoms with van der Waals surface area (Å²) in [4.78, 5) is 0. The highest BCUT2D eigenvalue weighted by molar-refractivity contribution is 6.30. The van der Waals surface area contributed by atoms with E-state index in [-0.39, 0.29) is 5.54 Å². The third kappa shape index (κ3) is 2.65. The maximum Gasteiger partial charge on any atom is 0.124 e. The van der Waals surface area contributed by atoms with Crippen molar-refractivity contribution in [3.63, 3.8) is 0 Å². The molecule has 2 nitrogen and oxygen atoms in total. The Kier molecular flexibility index (Phi) is 4.18. The zero-order valence-electron chi connectivity index (χ0n) is 11.2. The van der Waals surface area contributed by atoms with Crippen LogP contribution in [0.5, 0.6) is 5.75 Å². The quantitative estimate of drug-likeness (QED) is 0.895. The van der Waals surface area contributed by atoms with E-state index >= 15 is 0 Å². The SMILES string of the molecule is CCC1CCCC(N)(c2cc(Cl)ccc2OC)C1. The normalized spacial score (nSPS) is 28.1. The van der Waals surface area contributed by atoms with Gasteiger partial charge in [0.15, 0.2) is 0 Å². The lowest BCUT2D eigenvalue weighted by atomic mass is 9.71. The van der Waals surface area contributed by atoms with Gasteiger partial charge >= 0.3 is 0 Å². The number of methoxy groups -OCH3 is 1. The standard InChI is InChI=1S/C15H22ClNO/c1-3-11-5-4-8-15(17,10-11)13-9-12(16)6-7-14(13)18-2/h6-7,9,11H,3-5,8,10,17H2,1-2H3. The minimum absolute atomic E-state index is 0.283. The second-order valence-corrected chi connectivity index (χ2v) is 5.81. The van der Waals surface area contributed by atoms with Gasteiger partial charge in [-0.15, -0.1) is 0 Å². The fraction of sp³-hybridized carbons (Fsp3) is 0.600. The van der Waals surface area contributed by atoms with E-state index in [1.54, 1.807) is 7.11 Å². The lowest BCUT2D eigenvalue weighted by Gasteiger charge is -2.39. The lowest BCUT2D eigenvalue weighted by Crippen LogP contribution is -2.41. The number of nitrogens with two attached hydrogens (primary N) is 1. The summed E-state index contributed by atoms with van der Waals surface area (Å²) >= 11 is 6.11. The summed E-state index contributed by atoms with van der Waals surface area (Å²) < 4.78 is 5.45. The molecule has 0 heterocycles. The predicted molar refractivity (Wildman–Crippen MR) is 76.1 cm³/mol. The number of halogens is 1. The lowest BCUT2D eigenvalue weighted by molar-refractivity contribution is 0.216. The number of ether oxygens (including phenoxy) is 1. The molecule has 1 aromatic carbocycles. The summed E-state index contributed by atoms with van der Waals surface area (Å²) in [6.45, 7) is 2.24. The fourth-order valence-electron chi connectivity index (χ4n) is 3.09. The Hall–Kier alpha value is -0.730. The molecule has 2 unspecified atom stereocenters. The van der Waals surface area contributed by atoms with E-state index in [0.29, 0.717) is 5.92 Å². The van der Waals surface area contributed by atoms with Crippen molar-refractivity contribution in [1.29, 1.82) is 0 Å². The molecule has 0 spiro atoms. The Morgan fingerprint density at radius 3 is 2.94 bits per heavy atom. The Morgan fingerprint density at radius 2 is 2.28 bits per heavy atom. The largest absolute Gasteiger partial charge is 0.496 e. The molecule has 1 fully saturated rings. The molecule has 1 aliphatic carbocycles. The summed E-state index contributed by atoms with van der Waals surface area (Å²) in [5.74, 6) is 1.58. The monoisotopic (exact) mass is 267 g/mol. The van der Waals surface area contributed by atoms with Crippen molar-refractivity contribution in [2.75, 3.05) is 7.11 Å². The molecule has 2 rings (SSSR count). The molecule has 0 saturated heterocycles. The van der Waals surface area contributed by atoms with E-state index in [0.717, 1.165) is 29.2 Å². The van der Waals surface area contributed by atoms with E-state index in [1.165, 1.54) is 19.3 Å². The van der Waals surface area contributed by atoms with Crippen molar-refractivity contribution >= 4 is 11.6 Å². The topological polar surface area (TPSA) is 35.2 Å². The second-order valence-electron chi connectivity index (χ2n) is 5.37. The van der Waals surface area contributed by atoms with Gasteiger partial charge in [0.05, 0.1) is 7.11 Å². The zero-order valence-corrected chi connectivity index (χ0v) is 12.0. The molecule has 0 amide bonds. The highest BCUT2D eigenvalue weighted by Gasteiger charge is 2.35. The maximum atomic E-state index is 6.65. The zero-order chi connectivity index (χ0) is 13.2. The summed E-state index contributed by atoms with van der Waals surface area (Å²) in [7, 11) is 1.69. The summed E-state index contributed by atoms with van der Waals surface area (Å²) in [5, 5.41) is 0.731. The highest BCUT2D eigenvalue weighted by Crippen LogP contribution is 2.43. The molecule has 0 bridgehead atoms. The van der Waals surface area contributed by atoms with E-state index in [9.17, 15) is 0 Å². The van der Waals surface area contributed by atoms with Crippen LogP contribution in [0.1, 0.15) is 44.6 Å². The summed E-state index contributed by atoms with van der Waals surface area (Å²) in [6, 6.07) is 5.74. The number of hydrogen-bond acceptors (Lipinski definition) is 2. The van der Waals surface area contributed by atoms with Crippen LogP contribution in [-0.4, -0.2) is 7.11 Å². The minimum Gasteiger partial charge on any atom is -0.496 e. The summed E-state index contributed by atoms with van der Waals surface area (Å²) in [5.41, 5.74) is 7.44. The second kappa shape index (κ2) is 5.50. The molecule has 0 aromatic heterocycles. The van der Waals surface area contributed by atoms with Crippen molar-refractivity contribution in [1.82, 2.24) is 0 Å². The first-order chi connectivity index (χ1) is 8.59. The Balaban J connectivity index is 2.36. The minimum atomic E-state index is -0.283. The van der Waals surface area contributed by atoms with Crippen LogP contribution in [-0.2, 0) is 5.54 Å². The number of benzene rings is 1. The van der Waals surface area contributed by atoms with E-state index in [2.05, 4.69) is 6.92 Å². The smallest absolute Gasteiger partial charge is 0.124 e. The third-order valence-corrected chi connectivity index (χ3v) is 4.40. The Morgan fingerprint density at radius 1 is 1.50 bits per heavy atom. The highest BCUT2D eigenvalue weighted by atomic mass is 35.5. The van der Waals surface area contributed by atoms with Crippen LogP contribution in [0, 0.1) is 5.92 Å². The van der Waals surface area contributed by atoms with Gasteiger partial charge in [-0.2, -0.15) is 0 Å². The van der Waals surface area contributed by atoms with Crippen molar-refractivity contribution in [3.05, 3.63) is 28.8 Å². The van der Waals surface area contributed by atoms with Crippen molar-refractivity contribution in [3.8, 4) is 5.75 Å². The van der Waals surface area contributed by atoms with Gasteiger partial charge in [0.25, 0.3) is 0 Å². The molecule has 1 aliphatic rings. The first-order valence-electron chi connectivity index (χ1n) is 6.72. The van der Waals surface area contributed by atoms with Gasteiger partial charge in [0.1, 0.15) is 5.75 Å². The van der Waals surface area contributed by atoms with Crippen LogP contribution >= 0.6 is 11.6 Å². The predicted octanol–water partition coefficient (Wildman–Crippen LogP) is 4.10. The molecule has 0 aliphatic heterocycles. The van der Waals surface area contributed by atoms with Crippen molar-refractivity contribution in [2.45, 2.75) is 44.6 Å². The molecular weight excluding hydrogens is 246 g/mol. The molecule has 1 aromatic rings. The fourth-order valence-corrected chi connectivity index (χ4v) is 3.26. The molecule has 18 heavy (non-hydrogen) atoms. The first-order valence-corrected chi connectivity index (χ1v) is 7.09. The van der Waals surface area contributed by atoms with Crippen LogP contribution in [0.4, 0.5) is 0 Å². The van der Waals surface area contributed by atoms with Gasteiger partial charge in [-0.1, -0.05) is 37.8 Å². The van der Waals surface area contributed by atoms with Gasteiger partial charge in [-0.3, -0.25) is 0 Å². The van der Waals surface area contributed by atoms with Crippen molar-refractivity contribution < 1.29 is 4.74 Å². The summed E-state index contributed by atoms with van der Waals surface area (Å²) in [6.07, 6.45) is 5.71. The van der Waals surface area contributed by atoms with Gasteiger partial charge in [0.2, 0.25) is 0 Å². The third-order valence-electron chi connectivity index (χ3n) is 4.16. The number of rotatable bonds is 3. The molecular formula is C15H22ClNO. The first kappa shape index (κ1) is 13.7. The van der Waals surface area contributed by atoms with Gasteiger partial charge in [0, 0.05) is 16.1 Å².